The van der Waals surface area contributed by atoms with Crippen molar-refractivity contribution in [3.05, 3.63) is 24.0 Å². The molecule has 68 valence electrons. The van der Waals surface area contributed by atoms with Crippen molar-refractivity contribution >= 4 is 0 Å². The van der Waals surface area contributed by atoms with Gasteiger partial charge in [-0.2, -0.15) is 13.2 Å². The maximum atomic E-state index is 11.8. The number of rotatable bonds is 2. The van der Waals surface area contributed by atoms with E-state index in [1.54, 1.807) is 6.07 Å². The molecule has 2 nitrogen and oxygen atoms in total. The van der Waals surface area contributed by atoms with E-state index >= 15 is 0 Å². The number of hydrogen-bond donors (Lipinski definition) is 2. The van der Waals surface area contributed by atoms with Crippen LogP contribution in [0.15, 0.2) is 18.3 Å². The van der Waals surface area contributed by atoms with Crippen molar-refractivity contribution in [1.82, 2.24) is 4.98 Å². The summed E-state index contributed by atoms with van der Waals surface area (Å²) in [6.07, 6.45) is -5.73. The molecule has 1 unspecified atom stereocenters. The first-order valence-electron chi connectivity index (χ1n) is 3.37. The van der Waals surface area contributed by atoms with Crippen LogP contribution < -0.4 is 0 Å². The molecule has 0 spiro atoms. The molecule has 0 bridgehead atoms. The Bertz CT molecular complexity index is 229. The van der Waals surface area contributed by atoms with Crippen molar-refractivity contribution in [3.8, 4) is 0 Å². The summed E-state index contributed by atoms with van der Waals surface area (Å²) < 4.78 is 35.3. The highest BCUT2D eigenvalue weighted by molar-refractivity contribution is 5.05. The Kier molecular flexibility index (Phi) is 2.42. The van der Waals surface area contributed by atoms with Gasteiger partial charge >= 0.3 is 6.18 Å². The van der Waals surface area contributed by atoms with Gasteiger partial charge in [0.25, 0.3) is 0 Å². The Hall–Kier alpha value is -0.970. The van der Waals surface area contributed by atoms with Gasteiger partial charge in [-0.15, -0.1) is 0 Å². The van der Waals surface area contributed by atoms with Gasteiger partial charge in [0, 0.05) is 18.3 Å². The SMILES string of the molecule is OC(Cc1ccc[nH]1)C(F)(F)F. The zero-order valence-electron chi connectivity index (χ0n) is 6.10. The van der Waals surface area contributed by atoms with E-state index in [9.17, 15) is 13.2 Å². The van der Waals surface area contributed by atoms with Gasteiger partial charge in [0.15, 0.2) is 6.10 Å². The lowest BCUT2D eigenvalue weighted by Gasteiger charge is -2.12. The van der Waals surface area contributed by atoms with Gasteiger partial charge in [-0.05, 0) is 12.1 Å². The van der Waals surface area contributed by atoms with Crippen LogP contribution in [-0.4, -0.2) is 22.4 Å². The third-order valence-electron chi connectivity index (χ3n) is 1.45. The minimum absolute atomic E-state index is 0.375. The predicted octanol–water partition coefficient (Wildman–Crippen LogP) is 1.48. The second-order valence-corrected chi connectivity index (χ2v) is 2.46. The van der Waals surface area contributed by atoms with Gasteiger partial charge in [-0.1, -0.05) is 0 Å². The average molecular weight is 179 g/mol. The van der Waals surface area contributed by atoms with Gasteiger partial charge in [-0.3, -0.25) is 0 Å². The molecule has 0 fully saturated rings. The Morgan fingerprint density at radius 2 is 2.17 bits per heavy atom. The van der Waals surface area contributed by atoms with Crippen LogP contribution in [0, 0.1) is 0 Å². The fraction of sp³-hybridized carbons (Fsp3) is 0.429. The average Bonchev–Trinajstić information content (AvgIpc) is 2.37. The highest BCUT2D eigenvalue weighted by atomic mass is 19.4. The van der Waals surface area contributed by atoms with Crippen molar-refractivity contribution < 1.29 is 18.3 Å². The molecule has 12 heavy (non-hydrogen) atoms. The fourth-order valence-electron chi connectivity index (χ4n) is 0.819. The van der Waals surface area contributed by atoms with Gasteiger partial charge in [-0.25, -0.2) is 0 Å². The van der Waals surface area contributed by atoms with E-state index in [2.05, 4.69) is 4.98 Å². The molecule has 0 amide bonds. The molecule has 0 aliphatic rings. The highest BCUT2D eigenvalue weighted by Crippen LogP contribution is 2.22. The molecule has 0 saturated heterocycles. The van der Waals surface area contributed by atoms with Crippen LogP contribution in [0.2, 0.25) is 0 Å². The molecule has 1 rings (SSSR count). The van der Waals surface area contributed by atoms with Crippen molar-refractivity contribution in [3.63, 3.8) is 0 Å². The van der Waals surface area contributed by atoms with Gasteiger partial charge in [0.2, 0.25) is 0 Å². The molecule has 1 heterocycles. The largest absolute Gasteiger partial charge is 0.414 e. The normalized spacial score (nSPS) is 14.7. The maximum Gasteiger partial charge on any atom is 0.414 e. The molecule has 1 atom stereocenters. The number of aromatic nitrogens is 1. The summed E-state index contributed by atoms with van der Waals surface area (Å²) in [5.41, 5.74) is 0.375. The summed E-state index contributed by atoms with van der Waals surface area (Å²) in [6, 6.07) is 3.08. The van der Waals surface area contributed by atoms with Crippen LogP contribution in [0.4, 0.5) is 13.2 Å². The number of aromatic amines is 1. The summed E-state index contributed by atoms with van der Waals surface area (Å²) in [4.78, 5) is 2.58. The Morgan fingerprint density at radius 1 is 1.50 bits per heavy atom. The third-order valence-corrected chi connectivity index (χ3v) is 1.45. The Labute approximate surface area is 67.0 Å². The molecule has 5 heteroatoms. The highest BCUT2D eigenvalue weighted by Gasteiger charge is 2.38. The topological polar surface area (TPSA) is 36.0 Å². The lowest BCUT2D eigenvalue weighted by molar-refractivity contribution is -0.203. The van der Waals surface area contributed by atoms with Gasteiger partial charge in [0.1, 0.15) is 0 Å². The van der Waals surface area contributed by atoms with E-state index in [0.717, 1.165) is 0 Å². The minimum Gasteiger partial charge on any atom is -0.383 e. The zero-order chi connectivity index (χ0) is 9.19. The second-order valence-electron chi connectivity index (χ2n) is 2.46. The lowest BCUT2D eigenvalue weighted by atomic mass is 10.2. The molecule has 0 aromatic carbocycles. The van der Waals surface area contributed by atoms with Gasteiger partial charge < -0.3 is 10.1 Å². The molecular weight excluding hydrogens is 171 g/mol. The van der Waals surface area contributed by atoms with Crippen LogP contribution in [-0.2, 0) is 6.42 Å². The fourth-order valence-corrected chi connectivity index (χ4v) is 0.819. The molecular formula is C7H8F3NO. The number of aliphatic hydroxyl groups excluding tert-OH is 1. The summed E-state index contributed by atoms with van der Waals surface area (Å²) in [5, 5.41) is 8.61. The first-order valence-corrected chi connectivity index (χ1v) is 3.37. The molecule has 2 N–H and O–H groups in total. The van der Waals surface area contributed by atoms with E-state index in [1.165, 1.54) is 12.3 Å². The molecule has 0 aliphatic heterocycles. The number of alkyl halides is 3. The number of halogens is 3. The van der Waals surface area contributed by atoms with Crippen molar-refractivity contribution in [2.75, 3.05) is 0 Å². The van der Waals surface area contributed by atoms with Crippen LogP contribution in [0.1, 0.15) is 5.69 Å². The zero-order valence-corrected chi connectivity index (χ0v) is 6.10. The Balaban J connectivity index is 2.53. The van der Waals surface area contributed by atoms with E-state index in [-0.39, 0.29) is 0 Å². The van der Waals surface area contributed by atoms with E-state index in [0.29, 0.717) is 5.69 Å². The first-order chi connectivity index (χ1) is 5.50. The summed E-state index contributed by atoms with van der Waals surface area (Å²) >= 11 is 0. The Morgan fingerprint density at radius 3 is 2.58 bits per heavy atom. The molecule has 0 radical (unpaired) electrons. The number of H-pyrrole nitrogens is 1. The second kappa shape index (κ2) is 3.18. The van der Waals surface area contributed by atoms with Crippen LogP contribution >= 0.6 is 0 Å². The van der Waals surface area contributed by atoms with Crippen LogP contribution in [0.5, 0.6) is 0 Å². The molecule has 0 saturated carbocycles. The monoisotopic (exact) mass is 179 g/mol. The minimum atomic E-state index is -4.54. The summed E-state index contributed by atoms with van der Waals surface area (Å²) in [7, 11) is 0. The van der Waals surface area contributed by atoms with E-state index < -0.39 is 18.7 Å². The maximum absolute atomic E-state index is 11.8. The van der Waals surface area contributed by atoms with Crippen molar-refractivity contribution in [2.24, 2.45) is 0 Å². The first kappa shape index (κ1) is 9.12. The number of hydrogen-bond acceptors (Lipinski definition) is 1. The smallest absolute Gasteiger partial charge is 0.383 e. The van der Waals surface area contributed by atoms with Crippen molar-refractivity contribution in [1.29, 1.82) is 0 Å². The molecule has 1 aromatic rings. The van der Waals surface area contributed by atoms with Crippen LogP contribution in [0.3, 0.4) is 0 Å². The van der Waals surface area contributed by atoms with Gasteiger partial charge in [0.05, 0.1) is 0 Å². The lowest BCUT2D eigenvalue weighted by Crippen LogP contribution is -2.30. The summed E-state index contributed by atoms with van der Waals surface area (Å²) in [5.74, 6) is 0. The van der Waals surface area contributed by atoms with E-state index in [4.69, 9.17) is 5.11 Å². The number of nitrogens with one attached hydrogen (secondary N) is 1. The van der Waals surface area contributed by atoms with Crippen LogP contribution in [0.25, 0.3) is 0 Å². The quantitative estimate of drug-likeness (QED) is 0.708. The molecule has 0 aliphatic carbocycles. The predicted molar refractivity (Wildman–Crippen MR) is 36.6 cm³/mol. The summed E-state index contributed by atoms with van der Waals surface area (Å²) in [6.45, 7) is 0. The standard InChI is InChI=1S/C7H8F3NO/c8-7(9,10)6(12)4-5-2-1-3-11-5/h1-3,6,11-12H,4H2. The number of aliphatic hydroxyl groups is 1. The molecule has 1 aromatic heterocycles. The van der Waals surface area contributed by atoms with E-state index in [1.807, 2.05) is 0 Å². The van der Waals surface area contributed by atoms with Crippen molar-refractivity contribution in [2.45, 2.75) is 18.7 Å². The third kappa shape index (κ3) is 2.27.